The third-order valence-electron chi connectivity index (χ3n) is 4.31. The van der Waals surface area contributed by atoms with Crippen LogP contribution in [0.4, 0.5) is 15.9 Å². The standard InChI is InChI=1S/C17H18FN5/c1-22(17-6-7-20-12-21-17)15-3-2-8-23(11-15)14-5-4-13(10-19)16(18)9-14/h4-7,9,12,15H,2-3,8,11H2,1H3. The van der Waals surface area contributed by atoms with Gasteiger partial charge in [-0.05, 0) is 37.1 Å². The van der Waals surface area contributed by atoms with E-state index in [0.29, 0.717) is 6.04 Å². The Morgan fingerprint density at radius 1 is 1.39 bits per heavy atom. The van der Waals surface area contributed by atoms with Crippen molar-refractivity contribution in [1.29, 1.82) is 5.26 Å². The van der Waals surface area contributed by atoms with Gasteiger partial charge in [0, 0.05) is 38.1 Å². The van der Waals surface area contributed by atoms with E-state index in [1.165, 1.54) is 6.07 Å². The first-order chi connectivity index (χ1) is 11.2. The summed E-state index contributed by atoms with van der Waals surface area (Å²) in [6.45, 7) is 1.69. The fraction of sp³-hybridized carbons (Fsp3) is 0.353. The van der Waals surface area contributed by atoms with Crippen LogP contribution in [0, 0.1) is 17.1 Å². The maximum atomic E-state index is 13.8. The molecule has 118 valence electrons. The van der Waals surface area contributed by atoms with Crippen molar-refractivity contribution < 1.29 is 4.39 Å². The van der Waals surface area contributed by atoms with Gasteiger partial charge in [0.2, 0.25) is 0 Å². The third kappa shape index (κ3) is 3.24. The second-order valence-corrected chi connectivity index (χ2v) is 5.70. The number of hydrogen-bond acceptors (Lipinski definition) is 5. The summed E-state index contributed by atoms with van der Waals surface area (Å²) in [6.07, 6.45) is 5.37. The van der Waals surface area contributed by atoms with Crippen LogP contribution in [0.2, 0.25) is 0 Å². The molecule has 1 saturated heterocycles. The monoisotopic (exact) mass is 311 g/mol. The van der Waals surface area contributed by atoms with Crippen LogP contribution in [0.1, 0.15) is 18.4 Å². The molecule has 1 aromatic heterocycles. The molecule has 23 heavy (non-hydrogen) atoms. The minimum atomic E-state index is -0.462. The number of halogens is 1. The first-order valence-electron chi connectivity index (χ1n) is 7.62. The molecule has 2 heterocycles. The molecule has 2 aromatic rings. The summed E-state index contributed by atoms with van der Waals surface area (Å²) in [4.78, 5) is 12.5. The van der Waals surface area contributed by atoms with Crippen molar-refractivity contribution in [3.8, 4) is 6.07 Å². The van der Waals surface area contributed by atoms with Gasteiger partial charge in [-0.1, -0.05) is 0 Å². The maximum Gasteiger partial charge on any atom is 0.143 e. The van der Waals surface area contributed by atoms with Crippen molar-refractivity contribution in [3.05, 3.63) is 48.2 Å². The van der Waals surface area contributed by atoms with E-state index in [-0.39, 0.29) is 5.56 Å². The van der Waals surface area contributed by atoms with E-state index in [1.807, 2.05) is 25.2 Å². The fourth-order valence-electron chi connectivity index (χ4n) is 2.98. The highest BCUT2D eigenvalue weighted by Gasteiger charge is 2.24. The number of nitriles is 1. The SMILES string of the molecule is CN(c1ccncn1)C1CCCN(c2ccc(C#N)c(F)c2)C1. The summed E-state index contributed by atoms with van der Waals surface area (Å²) in [5.74, 6) is 0.425. The number of nitrogens with zero attached hydrogens (tertiary/aromatic N) is 5. The molecule has 1 aliphatic rings. The van der Waals surface area contributed by atoms with E-state index in [2.05, 4.69) is 19.8 Å². The molecule has 1 aromatic carbocycles. The number of piperidine rings is 1. The number of likely N-dealkylation sites (N-methyl/N-ethyl adjacent to an activating group) is 1. The number of aromatic nitrogens is 2. The van der Waals surface area contributed by atoms with Gasteiger partial charge in [-0.2, -0.15) is 5.26 Å². The molecule has 1 atom stereocenters. The predicted octanol–water partition coefficient (Wildman–Crippen LogP) is 2.59. The molecule has 0 radical (unpaired) electrons. The second kappa shape index (κ2) is 6.61. The Bertz CT molecular complexity index is 713. The van der Waals surface area contributed by atoms with E-state index in [1.54, 1.807) is 18.6 Å². The highest BCUT2D eigenvalue weighted by molar-refractivity contribution is 5.51. The highest BCUT2D eigenvalue weighted by Crippen LogP contribution is 2.25. The quantitative estimate of drug-likeness (QED) is 0.872. The zero-order chi connectivity index (χ0) is 16.2. The van der Waals surface area contributed by atoms with Crippen molar-refractivity contribution in [3.63, 3.8) is 0 Å². The molecule has 0 N–H and O–H groups in total. The van der Waals surface area contributed by atoms with Crippen LogP contribution >= 0.6 is 0 Å². The summed E-state index contributed by atoms with van der Waals surface area (Å²) in [7, 11) is 2.02. The predicted molar refractivity (Wildman–Crippen MR) is 86.8 cm³/mol. The van der Waals surface area contributed by atoms with Gasteiger partial charge in [0.25, 0.3) is 0 Å². The molecule has 0 spiro atoms. The molecule has 0 amide bonds. The van der Waals surface area contributed by atoms with E-state index in [0.717, 1.165) is 37.4 Å². The average Bonchev–Trinajstić information content (AvgIpc) is 2.62. The minimum Gasteiger partial charge on any atom is -0.369 e. The van der Waals surface area contributed by atoms with Gasteiger partial charge >= 0.3 is 0 Å². The fourth-order valence-corrected chi connectivity index (χ4v) is 2.98. The summed E-state index contributed by atoms with van der Waals surface area (Å²) in [5, 5.41) is 8.84. The molecule has 5 nitrogen and oxygen atoms in total. The van der Waals surface area contributed by atoms with Crippen LogP contribution < -0.4 is 9.80 Å². The van der Waals surface area contributed by atoms with Crippen molar-refractivity contribution in [2.24, 2.45) is 0 Å². The van der Waals surface area contributed by atoms with Gasteiger partial charge < -0.3 is 9.80 Å². The smallest absolute Gasteiger partial charge is 0.143 e. The van der Waals surface area contributed by atoms with Crippen LogP contribution in [0.25, 0.3) is 0 Å². The van der Waals surface area contributed by atoms with Crippen LogP contribution in [0.3, 0.4) is 0 Å². The van der Waals surface area contributed by atoms with Crippen LogP contribution in [-0.2, 0) is 0 Å². The zero-order valence-corrected chi connectivity index (χ0v) is 13.0. The normalized spacial score (nSPS) is 17.6. The van der Waals surface area contributed by atoms with Crippen molar-refractivity contribution >= 4 is 11.5 Å². The Labute approximate surface area is 135 Å². The summed E-state index contributed by atoms with van der Waals surface area (Å²) < 4.78 is 13.8. The lowest BCUT2D eigenvalue weighted by molar-refractivity contribution is 0.485. The van der Waals surface area contributed by atoms with E-state index in [4.69, 9.17) is 5.26 Å². The van der Waals surface area contributed by atoms with Crippen LogP contribution in [-0.4, -0.2) is 36.1 Å². The van der Waals surface area contributed by atoms with Gasteiger partial charge in [0.15, 0.2) is 0 Å². The Morgan fingerprint density at radius 3 is 2.96 bits per heavy atom. The molecule has 1 aliphatic heterocycles. The van der Waals surface area contributed by atoms with Crippen molar-refractivity contribution in [2.45, 2.75) is 18.9 Å². The van der Waals surface area contributed by atoms with Gasteiger partial charge in [-0.15, -0.1) is 0 Å². The number of anilines is 2. The summed E-state index contributed by atoms with van der Waals surface area (Å²) in [5.41, 5.74) is 0.905. The lowest BCUT2D eigenvalue weighted by Gasteiger charge is -2.39. The van der Waals surface area contributed by atoms with Gasteiger partial charge in [-0.3, -0.25) is 0 Å². The lowest BCUT2D eigenvalue weighted by atomic mass is 10.0. The van der Waals surface area contributed by atoms with Crippen LogP contribution in [0.15, 0.2) is 36.8 Å². The molecule has 3 rings (SSSR count). The van der Waals surface area contributed by atoms with E-state index in [9.17, 15) is 4.39 Å². The Hall–Kier alpha value is -2.68. The van der Waals surface area contributed by atoms with Gasteiger partial charge in [0.05, 0.1) is 5.56 Å². The molecule has 1 fully saturated rings. The topological polar surface area (TPSA) is 56.1 Å². The molecule has 1 unspecified atom stereocenters. The third-order valence-corrected chi connectivity index (χ3v) is 4.31. The molecule has 0 bridgehead atoms. The maximum absolute atomic E-state index is 13.8. The Balaban J connectivity index is 1.76. The largest absolute Gasteiger partial charge is 0.369 e. The minimum absolute atomic E-state index is 0.0837. The second-order valence-electron chi connectivity index (χ2n) is 5.70. The highest BCUT2D eigenvalue weighted by atomic mass is 19.1. The van der Waals surface area contributed by atoms with E-state index < -0.39 is 5.82 Å². The zero-order valence-electron chi connectivity index (χ0n) is 13.0. The van der Waals surface area contributed by atoms with E-state index >= 15 is 0 Å². The van der Waals surface area contributed by atoms with Crippen molar-refractivity contribution in [1.82, 2.24) is 9.97 Å². The number of hydrogen-bond donors (Lipinski definition) is 0. The van der Waals surface area contributed by atoms with Crippen LogP contribution in [0.5, 0.6) is 0 Å². The summed E-state index contributed by atoms with van der Waals surface area (Å²) >= 11 is 0. The number of benzene rings is 1. The molecule has 0 saturated carbocycles. The van der Waals surface area contributed by atoms with Crippen molar-refractivity contribution in [2.75, 3.05) is 29.9 Å². The molecule has 6 heteroatoms. The Kier molecular flexibility index (Phi) is 4.38. The first-order valence-corrected chi connectivity index (χ1v) is 7.62. The average molecular weight is 311 g/mol. The number of rotatable bonds is 3. The summed E-state index contributed by atoms with van der Waals surface area (Å²) in [6, 6.07) is 8.86. The molecular weight excluding hydrogens is 293 g/mol. The first kappa shape index (κ1) is 15.2. The molecule has 0 aliphatic carbocycles. The molecular formula is C17H18FN5. The lowest BCUT2D eigenvalue weighted by Crippen LogP contribution is -2.47. The Morgan fingerprint density at radius 2 is 2.26 bits per heavy atom. The van der Waals surface area contributed by atoms with Gasteiger partial charge in [0.1, 0.15) is 24.0 Å². The van der Waals surface area contributed by atoms with Gasteiger partial charge in [-0.25, -0.2) is 14.4 Å².